The zero-order chi connectivity index (χ0) is 35.3. The number of likely N-dealkylation sites (tertiary alicyclic amines) is 1. The first-order valence-corrected chi connectivity index (χ1v) is 17.4. The van der Waals surface area contributed by atoms with Crippen molar-refractivity contribution < 1.29 is 27.4 Å². The molecular weight excluding hydrogens is 669 g/mol. The van der Waals surface area contributed by atoms with E-state index >= 15 is 4.39 Å². The lowest BCUT2D eigenvalue weighted by Crippen LogP contribution is -2.49. The summed E-state index contributed by atoms with van der Waals surface area (Å²) in [4.78, 5) is 32.5. The number of likely N-dealkylation sites (N-methyl/N-ethyl adjacent to an activating group) is 1. The highest BCUT2D eigenvalue weighted by molar-refractivity contribution is 7.23. The third kappa shape index (κ3) is 5.50. The van der Waals surface area contributed by atoms with Gasteiger partial charge in [0, 0.05) is 50.3 Å². The van der Waals surface area contributed by atoms with Crippen molar-refractivity contribution in [3.05, 3.63) is 48.2 Å². The van der Waals surface area contributed by atoms with E-state index in [2.05, 4.69) is 21.4 Å². The van der Waals surface area contributed by atoms with Crippen LogP contribution in [0, 0.1) is 23.0 Å². The lowest BCUT2D eigenvalue weighted by Gasteiger charge is -2.35. The molecule has 15 heteroatoms. The van der Waals surface area contributed by atoms with E-state index < -0.39 is 23.3 Å². The molecule has 0 radical (unpaired) electrons. The summed E-state index contributed by atoms with van der Waals surface area (Å²) in [5.74, 6) is -1.28. The number of nitrogen functional groups attached to an aromatic ring is 1. The molecular formula is C35H37F3N8O3S. The molecule has 0 bridgehead atoms. The highest BCUT2D eigenvalue weighted by atomic mass is 32.1. The molecule has 3 aliphatic heterocycles. The van der Waals surface area contributed by atoms with Crippen LogP contribution >= 0.6 is 11.3 Å². The van der Waals surface area contributed by atoms with Crippen LogP contribution in [0.15, 0.2) is 31.0 Å². The molecule has 3 aromatic heterocycles. The Bertz CT molecular complexity index is 2040. The van der Waals surface area contributed by atoms with Crippen LogP contribution in [0.2, 0.25) is 0 Å². The maximum Gasteiger partial charge on any atom is 0.319 e. The highest BCUT2D eigenvalue weighted by Crippen LogP contribution is 2.44. The summed E-state index contributed by atoms with van der Waals surface area (Å²) in [6, 6.07) is 3.87. The maximum atomic E-state index is 17.0. The largest absolute Gasteiger partial charge is 0.461 e. The lowest BCUT2D eigenvalue weighted by atomic mass is 9.95. The first kappa shape index (κ1) is 34.0. The predicted molar refractivity (Wildman–Crippen MR) is 185 cm³/mol. The van der Waals surface area contributed by atoms with E-state index in [1.807, 2.05) is 17.9 Å². The maximum absolute atomic E-state index is 17.0. The second-order valence-corrected chi connectivity index (χ2v) is 14.1. The molecule has 0 aliphatic carbocycles. The minimum atomic E-state index is -0.966. The number of alkyl halides is 1. The summed E-state index contributed by atoms with van der Waals surface area (Å²) in [5.41, 5.74) is 5.55. The molecule has 262 valence electrons. The van der Waals surface area contributed by atoms with Gasteiger partial charge in [-0.3, -0.25) is 14.7 Å². The Labute approximate surface area is 291 Å². The predicted octanol–water partition coefficient (Wildman–Crippen LogP) is 5.22. The zero-order valence-corrected chi connectivity index (χ0v) is 28.6. The molecule has 3 fully saturated rings. The van der Waals surface area contributed by atoms with Gasteiger partial charge < -0.3 is 25.0 Å². The number of benzene rings is 1. The van der Waals surface area contributed by atoms with E-state index in [1.54, 1.807) is 12.0 Å². The number of nitriles is 1. The van der Waals surface area contributed by atoms with Crippen LogP contribution in [0.5, 0.6) is 6.01 Å². The number of amides is 1. The second kappa shape index (κ2) is 13.3. The Balaban J connectivity index is 1.38. The molecule has 6 heterocycles. The fraction of sp³-hybridized carbons (Fsp3) is 0.457. The Morgan fingerprint density at radius 3 is 2.88 bits per heavy atom. The standard InChI is InChI=1S/C35H37F3N8O3S/c1-4-26(47)46-12-9-24(25(46)17-48-3)45(5-2)33-22-15-41-29(20-7-8-23(37)31-27(20)21(14-39)32(40)50-31)28(38)30(22)42-34(43-33)49-18-35-10-6-11-44(35)16-19(36)13-35/h4,7-8,15,19,24-25H,1,5-6,9-13,16-18,40H2,2-3H3/t19-,24?,25-,35+/m1/s1. The molecule has 7 rings (SSSR count). The van der Waals surface area contributed by atoms with Crippen molar-refractivity contribution in [3.8, 4) is 23.3 Å². The van der Waals surface area contributed by atoms with Crippen molar-refractivity contribution in [2.24, 2.45) is 0 Å². The van der Waals surface area contributed by atoms with E-state index in [9.17, 15) is 18.8 Å². The molecule has 2 N–H and O–H groups in total. The summed E-state index contributed by atoms with van der Waals surface area (Å²) >= 11 is 0.910. The minimum absolute atomic E-state index is 0.0394. The molecule has 3 saturated heterocycles. The van der Waals surface area contributed by atoms with Crippen LogP contribution in [0.1, 0.15) is 38.2 Å². The number of rotatable bonds is 10. The van der Waals surface area contributed by atoms with Gasteiger partial charge in [-0.05, 0) is 50.9 Å². The number of thiophene rings is 1. The van der Waals surface area contributed by atoms with Crippen molar-refractivity contribution in [1.82, 2.24) is 24.8 Å². The van der Waals surface area contributed by atoms with Crippen molar-refractivity contribution in [1.29, 1.82) is 5.26 Å². The van der Waals surface area contributed by atoms with Crippen LogP contribution in [0.3, 0.4) is 0 Å². The van der Waals surface area contributed by atoms with E-state index in [1.165, 1.54) is 24.4 Å². The quantitative estimate of drug-likeness (QED) is 0.219. The van der Waals surface area contributed by atoms with E-state index in [4.69, 9.17) is 20.2 Å². The number of hydrogen-bond acceptors (Lipinski definition) is 11. The van der Waals surface area contributed by atoms with E-state index in [0.29, 0.717) is 43.7 Å². The summed E-state index contributed by atoms with van der Waals surface area (Å²) in [5, 5.41) is 10.4. The highest BCUT2D eigenvalue weighted by Gasteiger charge is 2.49. The lowest BCUT2D eigenvalue weighted by molar-refractivity contribution is -0.127. The molecule has 1 aromatic carbocycles. The Morgan fingerprint density at radius 1 is 1.32 bits per heavy atom. The van der Waals surface area contributed by atoms with Gasteiger partial charge in [0.1, 0.15) is 46.7 Å². The van der Waals surface area contributed by atoms with Crippen molar-refractivity contribution in [3.63, 3.8) is 0 Å². The summed E-state index contributed by atoms with van der Waals surface area (Å²) < 4.78 is 58.4. The molecule has 4 aromatic rings. The van der Waals surface area contributed by atoms with Gasteiger partial charge in [-0.25, -0.2) is 13.2 Å². The van der Waals surface area contributed by atoms with Crippen molar-refractivity contribution in [2.75, 3.05) is 57.1 Å². The van der Waals surface area contributed by atoms with E-state index in [-0.39, 0.29) is 74.6 Å². The number of nitrogens with two attached hydrogens (primary N) is 1. The Hall–Kier alpha value is -4.52. The summed E-state index contributed by atoms with van der Waals surface area (Å²) in [6.45, 7) is 7.95. The molecule has 0 spiro atoms. The van der Waals surface area contributed by atoms with Gasteiger partial charge in [-0.1, -0.05) is 6.58 Å². The summed E-state index contributed by atoms with van der Waals surface area (Å²) in [6.07, 6.45) is 4.36. The molecule has 1 amide bonds. The van der Waals surface area contributed by atoms with Gasteiger partial charge >= 0.3 is 6.01 Å². The first-order chi connectivity index (χ1) is 24.1. The number of ether oxygens (including phenoxy) is 2. The number of pyridine rings is 1. The number of hydrogen-bond donors (Lipinski definition) is 1. The number of halogens is 3. The van der Waals surface area contributed by atoms with Gasteiger partial charge in [0.25, 0.3) is 0 Å². The molecule has 50 heavy (non-hydrogen) atoms. The van der Waals surface area contributed by atoms with Crippen molar-refractivity contribution >= 4 is 49.1 Å². The topological polar surface area (TPSA) is 134 Å². The number of fused-ring (bicyclic) bond motifs is 3. The van der Waals surface area contributed by atoms with Gasteiger partial charge in [-0.2, -0.15) is 15.2 Å². The number of nitrogens with zero attached hydrogens (tertiary/aromatic N) is 7. The van der Waals surface area contributed by atoms with Crippen LogP contribution in [0.4, 0.5) is 24.0 Å². The molecule has 0 saturated carbocycles. The Morgan fingerprint density at radius 2 is 2.14 bits per heavy atom. The average molecular weight is 707 g/mol. The van der Waals surface area contributed by atoms with Crippen molar-refractivity contribution in [2.45, 2.75) is 56.4 Å². The monoisotopic (exact) mass is 706 g/mol. The second-order valence-electron chi connectivity index (χ2n) is 13.0. The smallest absolute Gasteiger partial charge is 0.319 e. The van der Waals surface area contributed by atoms with E-state index in [0.717, 1.165) is 30.7 Å². The average Bonchev–Trinajstić information content (AvgIpc) is 3.86. The molecule has 11 nitrogen and oxygen atoms in total. The number of methoxy groups -OCH3 is 1. The number of carbonyl (C=O) groups is 1. The normalized spacial score (nSPS) is 23.4. The van der Waals surface area contributed by atoms with Crippen LogP contribution in [0.25, 0.3) is 32.2 Å². The number of aromatic nitrogens is 3. The SMILES string of the molecule is C=CC(=O)N1CCC(N(CC)c2nc(OC[C@@]34CCCN3C[C@H](F)C4)nc3c(F)c(-c4ccc(F)c5sc(N)c(C#N)c45)ncc23)[C@H]1COC. The Kier molecular flexibility index (Phi) is 9.04. The number of anilines is 2. The molecule has 4 atom stereocenters. The third-order valence-corrected chi connectivity index (χ3v) is 11.4. The number of carbonyl (C=O) groups excluding carboxylic acids is 1. The van der Waals surface area contributed by atoms with Crippen LogP contribution in [-0.2, 0) is 9.53 Å². The van der Waals surface area contributed by atoms with Gasteiger partial charge in [0.2, 0.25) is 5.91 Å². The fourth-order valence-corrected chi connectivity index (χ4v) is 9.09. The van der Waals surface area contributed by atoms with Crippen LogP contribution in [-0.4, -0.2) is 101 Å². The fourth-order valence-electron chi connectivity index (χ4n) is 8.14. The summed E-state index contributed by atoms with van der Waals surface area (Å²) in [7, 11) is 1.57. The first-order valence-electron chi connectivity index (χ1n) is 16.6. The molecule has 1 unspecified atom stereocenters. The zero-order valence-electron chi connectivity index (χ0n) is 27.8. The van der Waals surface area contributed by atoms with Gasteiger partial charge in [0.05, 0.1) is 39.9 Å². The molecule has 3 aliphatic rings. The van der Waals surface area contributed by atoms with Gasteiger partial charge in [-0.15, -0.1) is 11.3 Å². The third-order valence-electron chi connectivity index (χ3n) is 10.4. The minimum Gasteiger partial charge on any atom is -0.461 e. The van der Waals surface area contributed by atoms with Crippen LogP contribution < -0.4 is 15.4 Å². The van der Waals surface area contributed by atoms with Gasteiger partial charge in [0.15, 0.2) is 5.82 Å².